The molecule has 0 unspecified atom stereocenters. The number of carboxylic acids is 1. The molecule has 0 bridgehead atoms. The molecule has 0 aliphatic carbocycles. The Balaban J connectivity index is 1.54. The Kier molecular flexibility index (Phi) is 5.57. The van der Waals surface area contributed by atoms with E-state index in [1.807, 2.05) is 28.5 Å². The second kappa shape index (κ2) is 8.27. The normalized spacial score (nSPS) is 21.7. The highest BCUT2D eigenvalue weighted by atomic mass is 32.1. The summed E-state index contributed by atoms with van der Waals surface area (Å²) < 4.78 is 0. The number of carboxylic acid groups (broad SMARTS) is 1. The standard InChI is InChI=1S/C22H24N2O3S/c25-21(26)13-16-8-10-24(22(27)20-6-3-11-28-20)14-17(16)12-19-18-5-2-1-4-15(18)7-9-23-19/h1-6,11,16-17H,7-10,12-14H2,(H,25,26)/t16-,17-/m0/s1. The Hall–Kier alpha value is -2.47. The molecular weight excluding hydrogens is 372 g/mol. The summed E-state index contributed by atoms with van der Waals surface area (Å²) in [7, 11) is 0. The van der Waals surface area contributed by atoms with Crippen LogP contribution in [0.15, 0.2) is 46.8 Å². The summed E-state index contributed by atoms with van der Waals surface area (Å²) in [4.78, 5) is 31.6. The SMILES string of the molecule is O=C(O)C[C@@H]1CCN(C(=O)c2cccs2)C[C@@H]1CC1=NCCc2ccccc21. The number of fused-ring (bicyclic) bond motifs is 1. The van der Waals surface area contributed by atoms with Gasteiger partial charge in [-0.15, -0.1) is 11.3 Å². The average Bonchev–Trinajstić information content (AvgIpc) is 3.23. The smallest absolute Gasteiger partial charge is 0.303 e. The monoisotopic (exact) mass is 396 g/mol. The van der Waals surface area contributed by atoms with Crippen molar-refractivity contribution >= 4 is 28.9 Å². The first-order chi connectivity index (χ1) is 13.6. The lowest BCUT2D eigenvalue weighted by atomic mass is 9.78. The number of likely N-dealkylation sites (tertiary alicyclic amines) is 1. The Bertz CT molecular complexity index is 891. The van der Waals surface area contributed by atoms with Crippen molar-refractivity contribution in [1.29, 1.82) is 0 Å². The molecule has 28 heavy (non-hydrogen) atoms. The third-order valence-electron chi connectivity index (χ3n) is 5.81. The minimum atomic E-state index is -0.765. The number of aliphatic imine (C=N–C) groups is 1. The van der Waals surface area contributed by atoms with Crippen LogP contribution < -0.4 is 0 Å². The fourth-order valence-electron chi connectivity index (χ4n) is 4.38. The molecule has 1 aromatic heterocycles. The zero-order valence-electron chi connectivity index (χ0n) is 15.7. The fourth-order valence-corrected chi connectivity index (χ4v) is 5.08. The molecule has 1 saturated heterocycles. The summed E-state index contributed by atoms with van der Waals surface area (Å²) in [6, 6.07) is 12.1. The minimum Gasteiger partial charge on any atom is -0.481 e. The molecule has 0 radical (unpaired) electrons. The molecule has 2 atom stereocenters. The van der Waals surface area contributed by atoms with Crippen molar-refractivity contribution in [3.8, 4) is 0 Å². The van der Waals surface area contributed by atoms with Crippen molar-refractivity contribution in [2.75, 3.05) is 19.6 Å². The number of amides is 1. The lowest BCUT2D eigenvalue weighted by Gasteiger charge is -2.38. The van der Waals surface area contributed by atoms with E-state index in [2.05, 4.69) is 18.2 Å². The molecule has 1 amide bonds. The number of carbonyl (C=O) groups excluding carboxylic acids is 1. The number of hydrogen-bond donors (Lipinski definition) is 1. The van der Waals surface area contributed by atoms with Gasteiger partial charge in [-0.05, 0) is 53.7 Å². The maximum Gasteiger partial charge on any atom is 0.303 e. The van der Waals surface area contributed by atoms with Crippen molar-refractivity contribution in [3.05, 3.63) is 57.8 Å². The van der Waals surface area contributed by atoms with Crippen molar-refractivity contribution in [3.63, 3.8) is 0 Å². The fraction of sp³-hybridized carbons (Fsp3) is 0.409. The van der Waals surface area contributed by atoms with Gasteiger partial charge in [0.2, 0.25) is 0 Å². The highest BCUT2D eigenvalue weighted by Gasteiger charge is 2.34. The van der Waals surface area contributed by atoms with E-state index in [1.54, 1.807) is 0 Å². The van der Waals surface area contributed by atoms with Gasteiger partial charge in [0.15, 0.2) is 0 Å². The maximum atomic E-state index is 12.8. The number of hydrogen-bond acceptors (Lipinski definition) is 4. The number of nitrogens with zero attached hydrogens (tertiary/aromatic N) is 2. The number of piperidine rings is 1. The molecule has 0 spiro atoms. The van der Waals surface area contributed by atoms with Crippen molar-refractivity contribution in [2.24, 2.45) is 16.8 Å². The largest absolute Gasteiger partial charge is 0.481 e. The van der Waals surface area contributed by atoms with Gasteiger partial charge in [-0.25, -0.2) is 0 Å². The van der Waals surface area contributed by atoms with E-state index in [-0.39, 0.29) is 24.2 Å². The zero-order valence-corrected chi connectivity index (χ0v) is 16.5. The number of thiophene rings is 1. The van der Waals surface area contributed by atoms with Gasteiger partial charge >= 0.3 is 5.97 Å². The maximum absolute atomic E-state index is 12.8. The van der Waals surface area contributed by atoms with E-state index >= 15 is 0 Å². The first-order valence-electron chi connectivity index (χ1n) is 9.78. The summed E-state index contributed by atoms with van der Waals surface area (Å²) in [5.74, 6) is -0.529. The molecule has 6 heteroatoms. The lowest BCUT2D eigenvalue weighted by Crippen LogP contribution is -2.45. The third kappa shape index (κ3) is 4.02. The number of rotatable bonds is 5. The van der Waals surface area contributed by atoms with Gasteiger partial charge < -0.3 is 10.0 Å². The predicted octanol–water partition coefficient (Wildman–Crippen LogP) is 3.74. The topological polar surface area (TPSA) is 70.0 Å². The summed E-state index contributed by atoms with van der Waals surface area (Å²) in [6.45, 7) is 1.99. The summed E-state index contributed by atoms with van der Waals surface area (Å²) in [6.07, 6.45) is 2.55. The van der Waals surface area contributed by atoms with Gasteiger partial charge in [0.05, 0.1) is 4.88 Å². The van der Waals surface area contributed by atoms with E-state index < -0.39 is 5.97 Å². The van der Waals surface area contributed by atoms with Crippen LogP contribution in [0, 0.1) is 11.8 Å². The van der Waals surface area contributed by atoms with Gasteiger partial charge in [0.1, 0.15) is 0 Å². The molecule has 2 aromatic rings. The Morgan fingerprint density at radius 3 is 2.82 bits per heavy atom. The molecule has 1 N–H and O–H groups in total. The molecule has 1 fully saturated rings. The second-order valence-electron chi connectivity index (χ2n) is 7.57. The Morgan fingerprint density at radius 2 is 2.04 bits per heavy atom. The Morgan fingerprint density at radius 1 is 1.18 bits per heavy atom. The number of benzene rings is 1. The predicted molar refractivity (Wildman–Crippen MR) is 110 cm³/mol. The van der Waals surface area contributed by atoms with Crippen molar-refractivity contribution < 1.29 is 14.7 Å². The van der Waals surface area contributed by atoms with Gasteiger partial charge in [-0.1, -0.05) is 30.3 Å². The highest BCUT2D eigenvalue weighted by molar-refractivity contribution is 7.12. The highest BCUT2D eigenvalue weighted by Crippen LogP contribution is 2.32. The van der Waals surface area contributed by atoms with E-state index in [0.29, 0.717) is 13.1 Å². The first-order valence-corrected chi connectivity index (χ1v) is 10.7. The molecule has 0 saturated carbocycles. The summed E-state index contributed by atoms with van der Waals surface area (Å²) >= 11 is 1.45. The van der Waals surface area contributed by atoms with Crippen molar-refractivity contribution in [2.45, 2.75) is 25.7 Å². The van der Waals surface area contributed by atoms with Crippen LogP contribution in [0.25, 0.3) is 0 Å². The number of aliphatic carboxylic acids is 1. The second-order valence-corrected chi connectivity index (χ2v) is 8.52. The van der Waals surface area contributed by atoms with Gasteiger partial charge in [-0.2, -0.15) is 0 Å². The van der Waals surface area contributed by atoms with E-state index in [0.717, 1.165) is 36.4 Å². The molecule has 2 aliphatic rings. The molecular formula is C22H24N2O3S. The molecule has 146 valence electrons. The van der Waals surface area contributed by atoms with Crippen LogP contribution in [0.3, 0.4) is 0 Å². The van der Waals surface area contributed by atoms with Gasteiger partial charge in [0.25, 0.3) is 5.91 Å². The summed E-state index contributed by atoms with van der Waals surface area (Å²) in [5.41, 5.74) is 3.56. The lowest BCUT2D eigenvalue weighted by molar-refractivity contribution is -0.138. The van der Waals surface area contributed by atoms with E-state index in [4.69, 9.17) is 4.99 Å². The minimum absolute atomic E-state index is 0.0553. The average molecular weight is 397 g/mol. The van der Waals surface area contributed by atoms with E-state index in [1.165, 1.54) is 22.5 Å². The third-order valence-corrected chi connectivity index (χ3v) is 6.67. The molecule has 4 rings (SSSR count). The van der Waals surface area contributed by atoms with Gasteiger partial charge in [0, 0.05) is 31.8 Å². The number of carbonyl (C=O) groups is 2. The van der Waals surface area contributed by atoms with Crippen LogP contribution in [0.2, 0.25) is 0 Å². The Labute approximate surface area is 168 Å². The first kappa shape index (κ1) is 18.9. The van der Waals surface area contributed by atoms with E-state index in [9.17, 15) is 14.7 Å². The molecule has 5 nitrogen and oxygen atoms in total. The molecule has 2 aliphatic heterocycles. The summed E-state index contributed by atoms with van der Waals surface area (Å²) in [5, 5.41) is 11.3. The zero-order chi connectivity index (χ0) is 19.5. The van der Waals surface area contributed by atoms with Crippen LogP contribution in [0.5, 0.6) is 0 Å². The van der Waals surface area contributed by atoms with Crippen LogP contribution >= 0.6 is 11.3 Å². The van der Waals surface area contributed by atoms with Crippen LogP contribution in [-0.4, -0.2) is 47.2 Å². The molecule has 3 heterocycles. The van der Waals surface area contributed by atoms with Gasteiger partial charge in [-0.3, -0.25) is 14.6 Å². The van der Waals surface area contributed by atoms with Crippen LogP contribution in [-0.2, 0) is 11.2 Å². The van der Waals surface area contributed by atoms with Crippen LogP contribution in [0.1, 0.15) is 40.1 Å². The quantitative estimate of drug-likeness (QED) is 0.837. The van der Waals surface area contributed by atoms with Crippen molar-refractivity contribution in [1.82, 2.24) is 4.90 Å². The molecule has 1 aromatic carbocycles. The van der Waals surface area contributed by atoms with Crippen LogP contribution in [0.4, 0.5) is 0 Å².